The van der Waals surface area contributed by atoms with Crippen molar-refractivity contribution < 1.29 is 4.74 Å². The van der Waals surface area contributed by atoms with E-state index in [0.29, 0.717) is 11.6 Å². The SMILES string of the molecule is CNC(C)c1ccc(Br)cc1OCc1ccc(Br)cc1Cl. The number of hydrogen-bond donors (Lipinski definition) is 1. The average Bonchev–Trinajstić information content (AvgIpc) is 2.45. The Labute approximate surface area is 147 Å². The molecule has 0 saturated carbocycles. The average molecular weight is 434 g/mol. The minimum atomic E-state index is 0.216. The summed E-state index contributed by atoms with van der Waals surface area (Å²) in [5.41, 5.74) is 2.08. The molecule has 2 aromatic rings. The highest BCUT2D eigenvalue weighted by Gasteiger charge is 2.11. The van der Waals surface area contributed by atoms with Crippen molar-refractivity contribution in [3.8, 4) is 5.75 Å². The normalized spacial score (nSPS) is 12.2. The lowest BCUT2D eigenvalue weighted by molar-refractivity contribution is 0.300. The van der Waals surface area contributed by atoms with Crippen LogP contribution in [-0.4, -0.2) is 7.05 Å². The van der Waals surface area contributed by atoms with Crippen molar-refractivity contribution in [3.63, 3.8) is 0 Å². The molecule has 0 bridgehead atoms. The zero-order valence-corrected chi connectivity index (χ0v) is 15.7. The van der Waals surface area contributed by atoms with Crippen LogP contribution in [0.1, 0.15) is 24.1 Å². The van der Waals surface area contributed by atoms with E-state index in [2.05, 4.69) is 50.2 Å². The molecule has 0 saturated heterocycles. The highest BCUT2D eigenvalue weighted by atomic mass is 79.9. The Balaban J connectivity index is 2.21. The molecule has 0 spiro atoms. The predicted octanol–water partition coefficient (Wildman–Crippen LogP) is 5.72. The quantitative estimate of drug-likeness (QED) is 0.651. The van der Waals surface area contributed by atoms with Gasteiger partial charge in [0.15, 0.2) is 0 Å². The molecule has 2 nitrogen and oxygen atoms in total. The molecule has 21 heavy (non-hydrogen) atoms. The molecular formula is C16H16Br2ClNO. The first-order valence-corrected chi connectivity index (χ1v) is 8.51. The molecule has 112 valence electrons. The minimum absolute atomic E-state index is 0.216. The highest BCUT2D eigenvalue weighted by molar-refractivity contribution is 9.10. The Morgan fingerprint density at radius 2 is 1.81 bits per heavy atom. The van der Waals surface area contributed by atoms with E-state index in [-0.39, 0.29) is 6.04 Å². The molecule has 0 radical (unpaired) electrons. The molecule has 0 amide bonds. The molecule has 5 heteroatoms. The van der Waals surface area contributed by atoms with Crippen molar-refractivity contribution in [2.24, 2.45) is 0 Å². The summed E-state index contributed by atoms with van der Waals surface area (Å²) in [6.07, 6.45) is 0. The second-order valence-corrected chi connectivity index (χ2v) is 6.96. The van der Waals surface area contributed by atoms with Gasteiger partial charge in [0.25, 0.3) is 0 Å². The third kappa shape index (κ3) is 4.46. The van der Waals surface area contributed by atoms with Crippen molar-refractivity contribution in [2.75, 3.05) is 7.05 Å². The van der Waals surface area contributed by atoms with E-state index in [0.717, 1.165) is 25.8 Å². The van der Waals surface area contributed by atoms with E-state index in [9.17, 15) is 0 Å². The lowest BCUT2D eigenvalue weighted by atomic mass is 10.1. The van der Waals surface area contributed by atoms with Gasteiger partial charge in [0, 0.05) is 31.1 Å². The third-order valence-electron chi connectivity index (χ3n) is 3.27. The van der Waals surface area contributed by atoms with Gasteiger partial charge in [-0.05, 0) is 38.2 Å². The number of ether oxygens (including phenoxy) is 1. The summed E-state index contributed by atoms with van der Waals surface area (Å²) in [6, 6.07) is 12.1. The van der Waals surface area contributed by atoms with Gasteiger partial charge in [0.1, 0.15) is 12.4 Å². The van der Waals surface area contributed by atoms with E-state index < -0.39 is 0 Å². The van der Waals surface area contributed by atoms with Crippen molar-refractivity contribution in [1.29, 1.82) is 0 Å². The Morgan fingerprint density at radius 1 is 1.14 bits per heavy atom. The largest absolute Gasteiger partial charge is 0.488 e. The number of halogens is 3. The number of rotatable bonds is 5. The van der Waals surface area contributed by atoms with Gasteiger partial charge < -0.3 is 10.1 Å². The standard InChI is InChI=1S/C16H16Br2ClNO/c1-10(20-2)14-6-5-13(18)8-16(14)21-9-11-3-4-12(17)7-15(11)19/h3-8,10,20H,9H2,1-2H3. The van der Waals surface area contributed by atoms with Gasteiger partial charge in [-0.3, -0.25) is 0 Å². The van der Waals surface area contributed by atoms with Gasteiger partial charge in [-0.25, -0.2) is 0 Å². The zero-order valence-electron chi connectivity index (χ0n) is 11.8. The smallest absolute Gasteiger partial charge is 0.125 e. The van der Waals surface area contributed by atoms with E-state index in [1.54, 1.807) is 0 Å². The van der Waals surface area contributed by atoms with Gasteiger partial charge in [-0.1, -0.05) is 55.6 Å². The number of hydrogen-bond acceptors (Lipinski definition) is 2. The minimum Gasteiger partial charge on any atom is -0.488 e. The Kier molecular flexibility index (Phi) is 6.11. The molecule has 1 unspecified atom stereocenters. The van der Waals surface area contributed by atoms with Crippen LogP contribution in [0.3, 0.4) is 0 Å². The molecular weight excluding hydrogens is 417 g/mol. The van der Waals surface area contributed by atoms with Crippen LogP contribution in [0.2, 0.25) is 5.02 Å². The molecule has 0 aliphatic heterocycles. The van der Waals surface area contributed by atoms with Crippen molar-refractivity contribution in [3.05, 3.63) is 61.5 Å². The number of nitrogens with one attached hydrogen (secondary N) is 1. The second-order valence-electron chi connectivity index (χ2n) is 4.72. The van der Waals surface area contributed by atoms with Crippen LogP contribution in [0.5, 0.6) is 5.75 Å². The van der Waals surface area contributed by atoms with Crippen molar-refractivity contribution in [2.45, 2.75) is 19.6 Å². The van der Waals surface area contributed by atoms with Gasteiger partial charge in [-0.2, -0.15) is 0 Å². The van der Waals surface area contributed by atoms with E-state index in [4.69, 9.17) is 16.3 Å². The van der Waals surface area contributed by atoms with Gasteiger partial charge in [0.2, 0.25) is 0 Å². The molecule has 0 aliphatic carbocycles. The molecule has 0 fully saturated rings. The van der Waals surface area contributed by atoms with Crippen LogP contribution < -0.4 is 10.1 Å². The van der Waals surface area contributed by atoms with E-state index >= 15 is 0 Å². The van der Waals surface area contributed by atoms with Crippen LogP contribution in [0.15, 0.2) is 45.3 Å². The van der Waals surface area contributed by atoms with E-state index in [1.165, 1.54) is 0 Å². The zero-order chi connectivity index (χ0) is 15.4. The predicted molar refractivity (Wildman–Crippen MR) is 95.1 cm³/mol. The Morgan fingerprint density at radius 3 is 2.48 bits per heavy atom. The first kappa shape index (κ1) is 16.8. The monoisotopic (exact) mass is 431 g/mol. The topological polar surface area (TPSA) is 21.3 Å². The van der Waals surface area contributed by atoms with Crippen LogP contribution in [0, 0.1) is 0 Å². The second kappa shape index (κ2) is 7.63. The fraction of sp³-hybridized carbons (Fsp3) is 0.250. The molecule has 0 aromatic heterocycles. The van der Waals surface area contributed by atoms with Gasteiger partial charge in [-0.15, -0.1) is 0 Å². The summed E-state index contributed by atoms with van der Waals surface area (Å²) in [7, 11) is 1.93. The van der Waals surface area contributed by atoms with Crippen LogP contribution >= 0.6 is 43.5 Å². The molecule has 1 N–H and O–H groups in total. The lowest BCUT2D eigenvalue weighted by Crippen LogP contribution is -2.13. The van der Waals surface area contributed by atoms with Crippen LogP contribution in [0.25, 0.3) is 0 Å². The molecule has 2 aromatic carbocycles. The van der Waals surface area contributed by atoms with Gasteiger partial charge >= 0.3 is 0 Å². The summed E-state index contributed by atoms with van der Waals surface area (Å²) >= 11 is 13.1. The summed E-state index contributed by atoms with van der Waals surface area (Å²) in [4.78, 5) is 0. The number of benzene rings is 2. The van der Waals surface area contributed by atoms with E-state index in [1.807, 2.05) is 37.4 Å². The molecule has 0 heterocycles. The van der Waals surface area contributed by atoms with Crippen molar-refractivity contribution >= 4 is 43.5 Å². The summed E-state index contributed by atoms with van der Waals surface area (Å²) in [5.74, 6) is 0.852. The molecule has 0 aliphatic rings. The fourth-order valence-electron chi connectivity index (χ4n) is 1.94. The van der Waals surface area contributed by atoms with Crippen LogP contribution in [-0.2, 0) is 6.61 Å². The lowest BCUT2D eigenvalue weighted by Gasteiger charge is -2.17. The maximum Gasteiger partial charge on any atom is 0.125 e. The third-order valence-corrected chi connectivity index (χ3v) is 4.61. The first-order valence-electron chi connectivity index (χ1n) is 6.54. The first-order chi connectivity index (χ1) is 10.0. The maximum atomic E-state index is 6.23. The molecule has 2 rings (SSSR count). The molecule has 1 atom stereocenters. The van der Waals surface area contributed by atoms with Crippen molar-refractivity contribution in [1.82, 2.24) is 5.32 Å². The van der Waals surface area contributed by atoms with Gasteiger partial charge in [0.05, 0.1) is 0 Å². The Bertz CT molecular complexity index is 634. The Hall–Kier alpha value is -0.550. The fourth-order valence-corrected chi connectivity index (χ4v) is 3.01. The summed E-state index contributed by atoms with van der Waals surface area (Å²) in [6.45, 7) is 2.54. The maximum absolute atomic E-state index is 6.23. The van der Waals surface area contributed by atoms with Crippen LogP contribution in [0.4, 0.5) is 0 Å². The highest BCUT2D eigenvalue weighted by Crippen LogP contribution is 2.30. The summed E-state index contributed by atoms with van der Waals surface area (Å²) < 4.78 is 7.93. The summed E-state index contributed by atoms with van der Waals surface area (Å²) in [5, 5.41) is 3.93.